The van der Waals surface area contributed by atoms with Gasteiger partial charge >= 0.3 is 0 Å². The van der Waals surface area contributed by atoms with Gasteiger partial charge in [0.2, 0.25) is 0 Å². The Hall–Kier alpha value is -1.61. The molecule has 1 N–H and O–H groups in total. The number of aryl methyl sites for hydroxylation is 2. The van der Waals surface area contributed by atoms with Gasteiger partial charge in [0, 0.05) is 31.6 Å². The average molecular weight is 255 g/mol. The van der Waals surface area contributed by atoms with E-state index >= 15 is 0 Å². The first kappa shape index (κ1) is 12.4. The first-order chi connectivity index (χ1) is 9.28. The number of anilines is 1. The second-order valence-electron chi connectivity index (χ2n) is 5.24. The fourth-order valence-electron chi connectivity index (χ4n) is 2.70. The Morgan fingerprint density at radius 3 is 2.74 bits per heavy atom. The molecule has 0 bridgehead atoms. The summed E-state index contributed by atoms with van der Waals surface area (Å²) >= 11 is 0. The maximum absolute atomic E-state index is 4.83. The Balaban J connectivity index is 2.03. The van der Waals surface area contributed by atoms with Crippen molar-refractivity contribution in [1.29, 1.82) is 0 Å². The van der Waals surface area contributed by atoms with Crippen LogP contribution in [0.2, 0.25) is 0 Å². The fourth-order valence-corrected chi connectivity index (χ4v) is 2.70. The van der Waals surface area contributed by atoms with E-state index in [1.165, 1.54) is 16.5 Å². The summed E-state index contributed by atoms with van der Waals surface area (Å²) in [5.41, 5.74) is 3.83. The molecule has 1 aromatic carbocycles. The minimum Gasteiger partial charge on any atom is -0.354 e. The monoisotopic (exact) mass is 255 g/mol. The van der Waals surface area contributed by atoms with Gasteiger partial charge in [0.25, 0.3) is 0 Å². The van der Waals surface area contributed by atoms with E-state index in [4.69, 9.17) is 4.98 Å². The Morgan fingerprint density at radius 1 is 1.21 bits per heavy atom. The second kappa shape index (κ2) is 5.17. The van der Waals surface area contributed by atoms with E-state index in [0.29, 0.717) is 0 Å². The van der Waals surface area contributed by atoms with Gasteiger partial charge in [-0.3, -0.25) is 0 Å². The highest BCUT2D eigenvalue weighted by Gasteiger charge is 2.13. The first-order valence-corrected chi connectivity index (χ1v) is 7.14. The minimum atomic E-state index is 1.05. The van der Waals surface area contributed by atoms with Crippen molar-refractivity contribution in [2.75, 3.05) is 31.1 Å². The summed E-state index contributed by atoms with van der Waals surface area (Å²) in [4.78, 5) is 7.20. The zero-order valence-electron chi connectivity index (χ0n) is 11.7. The van der Waals surface area contributed by atoms with Gasteiger partial charge in [0.05, 0.1) is 5.52 Å². The van der Waals surface area contributed by atoms with Crippen LogP contribution in [0.15, 0.2) is 24.3 Å². The van der Waals surface area contributed by atoms with Crippen LogP contribution in [0.4, 0.5) is 5.82 Å². The largest absolute Gasteiger partial charge is 0.354 e. The predicted molar refractivity (Wildman–Crippen MR) is 80.9 cm³/mol. The third-order valence-electron chi connectivity index (χ3n) is 3.92. The van der Waals surface area contributed by atoms with E-state index in [1.54, 1.807) is 0 Å². The summed E-state index contributed by atoms with van der Waals surface area (Å²) in [6.45, 7) is 8.57. The lowest BCUT2D eigenvalue weighted by atomic mass is 10.1. The van der Waals surface area contributed by atoms with Crippen molar-refractivity contribution in [3.63, 3.8) is 0 Å². The molecule has 3 nitrogen and oxygen atoms in total. The summed E-state index contributed by atoms with van der Waals surface area (Å²) in [7, 11) is 0. The molecule has 2 heterocycles. The number of nitrogens with zero attached hydrogens (tertiary/aromatic N) is 2. The van der Waals surface area contributed by atoms with E-state index < -0.39 is 0 Å². The highest BCUT2D eigenvalue weighted by Crippen LogP contribution is 2.24. The lowest BCUT2D eigenvalue weighted by Gasteiger charge is -2.29. The molecule has 19 heavy (non-hydrogen) atoms. The quantitative estimate of drug-likeness (QED) is 0.893. The Bertz CT molecular complexity index is 586. The third-order valence-corrected chi connectivity index (χ3v) is 3.92. The van der Waals surface area contributed by atoms with Gasteiger partial charge in [-0.25, -0.2) is 4.98 Å². The lowest BCUT2D eigenvalue weighted by molar-refractivity contribution is 0.585. The van der Waals surface area contributed by atoms with Crippen LogP contribution >= 0.6 is 0 Å². The van der Waals surface area contributed by atoms with Crippen molar-refractivity contribution >= 4 is 16.7 Å². The first-order valence-electron chi connectivity index (χ1n) is 7.14. The molecule has 3 heteroatoms. The average Bonchev–Trinajstić information content (AvgIpc) is 2.48. The summed E-state index contributed by atoms with van der Waals surface area (Å²) in [6.07, 6.45) is 1.08. The van der Waals surface area contributed by atoms with Crippen LogP contribution in [0.1, 0.15) is 18.1 Å². The predicted octanol–water partition coefficient (Wildman–Crippen LogP) is 2.52. The SMILES string of the molecule is CCc1ccc2nc(N3CCNCC3)cc(C)c2c1. The Morgan fingerprint density at radius 2 is 2.00 bits per heavy atom. The molecule has 1 aliphatic heterocycles. The highest BCUT2D eigenvalue weighted by atomic mass is 15.2. The summed E-state index contributed by atoms with van der Waals surface area (Å²) < 4.78 is 0. The van der Waals surface area contributed by atoms with Crippen LogP contribution in [0.25, 0.3) is 10.9 Å². The van der Waals surface area contributed by atoms with Crippen LogP contribution in [0, 0.1) is 6.92 Å². The number of aromatic nitrogens is 1. The standard InChI is InChI=1S/C16H21N3/c1-3-13-4-5-15-14(11-13)12(2)10-16(18-15)19-8-6-17-7-9-19/h4-5,10-11,17H,3,6-9H2,1-2H3. The van der Waals surface area contributed by atoms with Gasteiger partial charge in [0.1, 0.15) is 5.82 Å². The third kappa shape index (κ3) is 2.43. The Kier molecular flexibility index (Phi) is 3.38. The van der Waals surface area contributed by atoms with Crippen LogP contribution < -0.4 is 10.2 Å². The van der Waals surface area contributed by atoms with E-state index in [2.05, 4.69) is 48.3 Å². The number of pyridine rings is 1. The highest BCUT2D eigenvalue weighted by molar-refractivity contribution is 5.84. The second-order valence-corrected chi connectivity index (χ2v) is 5.24. The zero-order chi connectivity index (χ0) is 13.2. The molecule has 0 saturated carbocycles. The van der Waals surface area contributed by atoms with Crippen LogP contribution in [0.5, 0.6) is 0 Å². The molecular weight excluding hydrogens is 234 g/mol. The van der Waals surface area contributed by atoms with Gasteiger partial charge in [-0.05, 0) is 42.7 Å². The van der Waals surface area contributed by atoms with Crippen molar-refractivity contribution in [1.82, 2.24) is 10.3 Å². The molecule has 1 saturated heterocycles. The molecule has 1 aromatic heterocycles. The number of hydrogen-bond acceptors (Lipinski definition) is 3. The summed E-state index contributed by atoms with van der Waals surface area (Å²) in [5, 5.41) is 4.67. The van der Waals surface area contributed by atoms with Gasteiger partial charge < -0.3 is 10.2 Å². The van der Waals surface area contributed by atoms with Crippen molar-refractivity contribution in [2.45, 2.75) is 20.3 Å². The normalized spacial score (nSPS) is 16.0. The Labute approximate surface area is 114 Å². The molecule has 1 fully saturated rings. The van der Waals surface area contributed by atoms with Crippen molar-refractivity contribution < 1.29 is 0 Å². The number of fused-ring (bicyclic) bond motifs is 1. The van der Waals surface area contributed by atoms with Crippen molar-refractivity contribution in [3.05, 3.63) is 35.4 Å². The molecule has 100 valence electrons. The smallest absolute Gasteiger partial charge is 0.129 e. The van der Waals surface area contributed by atoms with Gasteiger partial charge in [-0.1, -0.05) is 13.0 Å². The fraction of sp³-hybridized carbons (Fsp3) is 0.438. The number of hydrogen-bond donors (Lipinski definition) is 1. The number of benzene rings is 1. The molecule has 0 radical (unpaired) electrons. The van der Waals surface area contributed by atoms with Gasteiger partial charge in [-0.15, -0.1) is 0 Å². The zero-order valence-corrected chi connectivity index (χ0v) is 11.7. The van der Waals surface area contributed by atoms with Crippen LogP contribution in [-0.4, -0.2) is 31.2 Å². The van der Waals surface area contributed by atoms with Gasteiger partial charge in [0.15, 0.2) is 0 Å². The minimum absolute atomic E-state index is 1.05. The lowest BCUT2D eigenvalue weighted by Crippen LogP contribution is -2.43. The van der Waals surface area contributed by atoms with Crippen LogP contribution in [0.3, 0.4) is 0 Å². The molecule has 0 spiro atoms. The molecule has 0 amide bonds. The molecule has 0 unspecified atom stereocenters. The summed E-state index contributed by atoms with van der Waals surface area (Å²) in [6, 6.07) is 8.86. The van der Waals surface area contributed by atoms with Gasteiger partial charge in [-0.2, -0.15) is 0 Å². The van der Waals surface area contributed by atoms with E-state index in [0.717, 1.165) is 43.9 Å². The molecule has 1 aliphatic rings. The van der Waals surface area contributed by atoms with Crippen molar-refractivity contribution in [3.8, 4) is 0 Å². The van der Waals surface area contributed by atoms with Crippen LogP contribution in [-0.2, 0) is 6.42 Å². The number of piperazine rings is 1. The van der Waals surface area contributed by atoms with E-state index in [1.807, 2.05) is 0 Å². The molecule has 3 rings (SSSR count). The molecule has 0 aliphatic carbocycles. The van der Waals surface area contributed by atoms with E-state index in [9.17, 15) is 0 Å². The number of nitrogens with one attached hydrogen (secondary N) is 1. The molecule has 0 atom stereocenters. The van der Waals surface area contributed by atoms with Crippen molar-refractivity contribution in [2.24, 2.45) is 0 Å². The maximum Gasteiger partial charge on any atom is 0.129 e. The molecule has 2 aromatic rings. The van der Waals surface area contributed by atoms with E-state index in [-0.39, 0.29) is 0 Å². The topological polar surface area (TPSA) is 28.2 Å². The summed E-state index contributed by atoms with van der Waals surface area (Å²) in [5.74, 6) is 1.12. The molecular formula is C16H21N3. The number of rotatable bonds is 2. The maximum atomic E-state index is 4.83.